The average molecular weight is 323 g/mol. The largest absolute Gasteiger partial charge is 0.339 e. The van der Waals surface area contributed by atoms with Crippen LogP contribution < -0.4 is 5.14 Å². The Morgan fingerprint density at radius 2 is 1.89 bits per heavy atom. The maximum Gasteiger partial charge on any atom is 0.255 e. The van der Waals surface area contributed by atoms with Gasteiger partial charge in [0.2, 0.25) is 10.0 Å². The number of carbonyl (C=O) groups excluding carboxylic acids is 1. The van der Waals surface area contributed by atoms with E-state index in [1.165, 1.54) is 6.07 Å². The van der Waals surface area contributed by atoms with Crippen molar-refractivity contribution in [3.05, 3.63) is 27.7 Å². The van der Waals surface area contributed by atoms with Crippen molar-refractivity contribution in [1.82, 2.24) is 4.90 Å². The molecule has 2 N–H and O–H groups in total. The van der Waals surface area contributed by atoms with Crippen molar-refractivity contribution in [3.8, 4) is 0 Å². The Morgan fingerprint density at radius 1 is 1.32 bits per heavy atom. The van der Waals surface area contributed by atoms with E-state index >= 15 is 0 Å². The topological polar surface area (TPSA) is 80.5 Å². The molecule has 0 saturated heterocycles. The smallest absolute Gasteiger partial charge is 0.255 e. The van der Waals surface area contributed by atoms with E-state index in [1.807, 2.05) is 0 Å². The van der Waals surface area contributed by atoms with Crippen molar-refractivity contribution in [2.24, 2.45) is 5.14 Å². The number of rotatable bonds is 3. The molecule has 0 atom stereocenters. The number of halogens is 2. The van der Waals surface area contributed by atoms with E-state index in [0.717, 1.165) is 18.9 Å². The number of nitrogens with zero attached hydrogens (tertiary/aromatic N) is 1. The highest BCUT2D eigenvalue weighted by Crippen LogP contribution is 2.31. The standard InChI is InChI=1S/C11H12Cl2N2O3S/c1-15(6-2-3-6)11(16)7-4-10(19(14,17)18)9(13)5-8(7)12/h4-6H,2-3H2,1H3,(H2,14,17,18). The highest BCUT2D eigenvalue weighted by atomic mass is 35.5. The number of primary sulfonamides is 1. The van der Waals surface area contributed by atoms with Gasteiger partial charge in [0.05, 0.1) is 15.6 Å². The van der Waals surface area contributed by atoms with Crippen LogP contribution in [0.25, 0.3) is 0 Å². The van der Waals surface area contributed by atoms with Crippen LogP contribution in [0.4, 0.5) is 0 Å². The molecule has 8 heteroatoms. The first-order chi connectivity index (χ1) is 8.71. The fourth-order valence-electron chi connectivity index (χ4n) is 1.73. The van der Waals surface area contributed by atoms with Crippen LogP contribution >= 0.6 is 23.2 Å². The molecule has 0 heterocycles. The summed E-state index contributed by atoms with van der Waals surface area (Å²) in [5, 5.41) is 5.05. The molecule has 2 rings (SSSR count). The summed E-state index contributed by atoms with van der Waals surface area (Å²) in [5.74, 6) is -0.339. The van der Waals surface area contributed by atoms with Gasteiger partial charge < -0.3 is 4.90 Å². The first-order valence-corrected chi connectivity index (χ1v) is 7.81. The second-order valence-electron chi connectivity index (χ2n) is 4.45. The molecule has 1 saturated carbocycles. The quantitative estimate of drug-likeness (QED) is 0.922. The minimum Gasteiger partial charge on any atom is -0.339 e. The zero-order valence-corrected chi connectivity index (χ0v) is 12.4. The van der Waals surface area contributed by atoms with Crippen LogP contribution in [-0.2, 0) is 10.0 Å². The van der Waals surface area contributed by atoms with Crippen molar-refractivity contribution in [2.45, 2.75) is 23.8 Å². The Hall–Kier alpha value is -0.820. The van der Waals surface area contributed by atoms with E-state index in [0.29, 0.717) is 0 Å². The lowest BCUT2D eigenvalue weighted by Crippen LogP contribution is -2.29. The van der Waals surface area contributed by atoms with Gasteiger partial charge in [-0.1, -0.05) is 23.2 Å². The van der Waals surface area contributed by atoms with E-state index in [4.69, 9.17) is 28.3 Å². The highest BCUT2D eigenvalue weighted by Gasteiger charge is 2.31. The molecule has 0 spiro atoms. The summed E-state index contributed by atoms with van der Waals surface area (Å²) in [6.07, 6.45) is 1.88. The summed E-state index contributed by atoms with van der Waals surface area (Å²) >= 11 is 11.7. The SMILES string of the molecule is CN(C(=O)c1cc(S(N)(=O)=O)c(Cl)cc1Cl)C1CC1. The minimum absolute atomic E-state index is 0.0875. The van der Waals surface area contributed by atoms with Gasteiger partial charge in [-0.15, -0.1) is 0 Å². The fourth-order valence-corrected chi connectivity index (χ4v) is 3.13. The van der Waals surface area contributed by atoms with Gasteiger partial charge in [-0.05, 0) is 25.0 Å². The van der Waals surface area contributed by atoms with Crippen molar-refractivity contribution < 1.29 is 13.2 Å². The zero-order chi connectivity index (χ0) is 14.4. The fraction of sp³-hybridized carbons (Fsp3) is 0.364. The zero-order valence-electron chi connectivity index (χ0n) is 10.1. The van der Waals surface area contributed by atoms with Crippen molar-refractivity contribution in [1.29, 1.82) is 0 Å². The molecule has 1 aliphatic rings. The lowest BCUT2D eigenvalue weighted by Gasteiger charge is -2.17. The van der Waals surface area contributed by atoms with Crippen molar-refractivity contribution >= 4 is 39.1 Å². The molecule has 19 heavy (non-hydrogen) atoms. The van der Waals surface area contributed by atoms with Crippen molar-refractivity contribution in [3.63, 3.8) is 0 Å². The lowest BCUT2D eigenvalue weighted by molar-refractivity contribution is 0.0785. The van der Waals surface area contributed by atoms with E-state index < -0.39 is 10.0 Å². The number of hydrogen-bond donors (Lipinski definition) is 1. The maximum absolute atomic E-state index is 12.2. The Bertz CT molecular complexity index is 642. The molecule has 1 aromatic rings. The summed E-state index contributed by atoms with van der Waals surface area (Å²) in [6.45, 7) is 0. The Kier molecular flexibility index (Phi) is 3.79. The molecular formula is C11H12Cl2N2O3S. The van der Waals surface area contributed by atoms with Crippen LogP contribution in [0.3, 0.4) is 0 Å². The van der Waals surface area contributed by atoms with Crippen LogP contribution in [-0.4, -0.2) is 32.3 Å². The maximum atomic E-state index is 12.2. The minimum atomic E-state index is -4.00. The molecule has 0 bridgehead atoms. The van der Waals surface area contributed by atoms with Crippen LogP contribution in [0.5, 0.6) is 0 Å². The molecule has 1 fully saturated rings. The third-order valence-electron chi connectivity index (χ3n) is 2.97. The van der Waals surface area contributed by atoms with Gasteiger partial charge in [-0.3, -0.25) is 4.79 Å². The molecule has 0 aromatic heterocycles. The van der Waals surface area contributed by atoms with Crippen LogP contribution in [0.1, 0.15) is 23.2 Å². The monoisotopic (exact) mass is 322 g/mol. The normalized spacial score (nSPS) is 15.4. The Morgan fingerprint density at radius 3 is 2.37 bits per heavy atom. The third kappa shape index (κ3) is 3.02. The molecular weight excluding hydrogens is 311 g/mol. The van der Waals surface area contributed by atoms with Gasteiger partial charge in [-0.25, -0.2) is 13.6 Å². The Balaban J connectivity index is 2.48. The molecule has 1 aromatic carbocycles. The number of nitrogens with two attached hydrogens (primary N) is 1. The van der Waals surface area contributed by atoms with E-state index in [2.05, 4.69) is 0 Å². The predicted octanol–water partition coefficient (Wildman–Crippen LogP) is 1.88. The molecule has 1 amide bonds. The second kappa shape index (κ2) is 4.94. The lowest BCUT2D eigenvalue weighted by atomic mass is 10.2. The molecule has 0 radical (unpaired) electrons. The van der Waals surface area contributed by atoms with E-state index in [9.17, 15) is 13.2 Å². The molecule has 0 unspecified atom stereocenters. The first-order valence-electron chi connectivity index (χ1n) is 5.51. The summed E-state index contributed by atoms with van der Waals surface area (Å²) in [4.78, 5) is 13.4. The van der Waals surface area contributed by atoms with Gasteiger partial charge in [0, 0.05) is 13.1 Å². The average Bonchev–Trinajstić information content (AvgIpc) is 3.09. The number of carbonyl (C=O) groups is 1. The summed E-state index contributed by atoms with van der Waals surface area (Å²) in [5.41, 5.74) is 0.0875. The van der Waals surface area contributed by atoms with Crippen LogP contribution in [0.15, 0.2) is 17.0 Å². The number of benzene rings is 1. The summed E-state index contributed by atoms with van der Waals surface area (Å²) < 4.78 is 22.8. The number of amides is 1. The third-order valence-corrected chi connectivity index (χ3v) is 4.66. The van der Waals surface area contributed by atoms with Gasteiger partial charge in [-0.2, -0.15) is 0 Å². The molecule has 5 nitrogen and oxygen atoms in total. The van der Waals surface area contributed by atoms with Gasteiger partial charge in [0.15, 0.2) is 0 Å². The summed E-state index contributed by atoms with van der Waals surface area (Å²) in [7, 11) is -2.34. The predicted molar refractivity (Wildman–Crippen MR) is 73.0 cm³/mol. The van der Waals surface area contributed by atoms with Gasteiger partial charge in [0.25, 0.3) is 5.91 Å². The molecule has 0 aliphatic heterocycles. The van der Waals surface area contributed by atoms with Crippen LogP contribution in [0.2, 0.25) is 10.0 Å². The Labute approximate surface area is 121 Å². The van der Waals surface area contributed by atoms with Gasteiger partial charge >= 0.3 is 0 Å². The van der Waals surface area contributed by atoms with E-state index in [-0.39, 0.29) is 32.5 Å². The molecule has 1 aliphatic carbocycles. The van der Waals surface area contributed by atoms with Gasteiger partial charge in [0.1, 0.15) is 4.90 Å². The van der Waals surface area contributed by atoms with E-state index in [1.54, 1.807) is 11.9 Å². The molecule has 104 valence electrons. The first kappa shape index (κ1) is 14.6. The number of sulfonamides is 1. The highest BCUT2D eigenvalue weighted by molar-refractivity contribution is 7.89. The number of hydrogen-bond acceptors (Lipinski definition) is 3. The van der Waals surface area contributed by atoms with Crippen molar-refractivity contribution in [2.75, 3.05) is 7.05 Å². The second-order valence-corrected chi connectivity index (χ2v) is 6.80. The van der Waals surface area contributed by atoms with Crippen LogP contribution in [0, 0.1) is 0 Å². The summed E-state index contributed by atoms with van der Waals surface area (Å²) in [6, 6.07) is 2.54.